The molecule has 0 N–H and O–H groups in total. The zero-order chi connectivity index (χ0) is 4.41. The molecule has 1 aliphatic rings. The molecule has 2 heteroatoms. The fourth-order valence-corrected chi connectivity index (χ4v) is 0.683. The predicted octanol–water partition coefficient (Wildman–Crippen LogP) is 0.743. The SMILES string of the molecule is O=[S+]C1C=CC1. The molecule has 0 saturated heterocycles. The van der Waals surface area contributed by atoms with Crippen molar-refractivity contribution < 1.29 is 4.21 Å². The Hall–Kier alpha value is -0.240. The molecule has 0 bridgehead atoms. The van der Waals surface area contributed by atoms with Crippen molar-refractivity contribution in [2.45, 2.75) is 11.7 Å². The van der Waals surface area contributed by atoms with Crippen LogP contribution in [-0.4, -0.2) is 5.25 Å². The maximum atomic E-state index is 9.78. The van der Waals surface area contributed by atoms with Gasteiger partial charge in [-0.25, -0.2) is 0 Å². The molecule has 1 atom stereocenters. The van der Waals surface area contributed by atoms with Gasteiger partial charge in [0.05, 0.1) is 0 Å². The summed E-state index contributed by atoms with van der Waals surface area (Å²) in [4.78, 5) is 0. The van der Waals surface area contributed by atoms with Gasteiger partial charge in [0.2, 0.25) is 0 Å². The molecule has 0 amide bonds. The lowest BCUT2D eigenvalue weighted by Gasteiger charge is -1.94. The van der Waals surface area contributed by atoms with Crippen LogP contribution in [0.15, 0.2) is 12.2 Å². The van der Waals surface area contributed by atoms with Gasteiger partial charge in [0, 0.05) is 10.6 Å². The standard InChI is InChI=1S/C4H5OS/c5-6-4-2-1-3-4/h1-2,4H,3H2/q+1. The van der Waals surface area contributed by atoms with Crippen molar-refractivity contribution in [3.05, 3.63) is 12.2 Å². The van der Waals surface area contributed by atoms with E-state index in [4.69, 9.17) is 0 Å². The second-order valence-electron chi connectivity index (χ2n) is 1.30. The van der Waals surface area contributed by atoms with Gasteiger partial charge in [-0.05, 0) is 6.08 Å². The van der Waals surface area contributed by atoms with Gasteiger partial charge in [0.1, 0.15) is 0 Å². The van der Waals surface area contributed by atoms with E-state index in [-0.39, 0.29) is 0 Å². The van der Waals surface area contributed by atoms with Crippen molar-refractivity contribution in [2.24, 2.45) is 0 Å². The molecule has 0 spiro atoms. The lowest BCUT2D eigenvalue weighted by atomic mass is 10.1. The van der Waals surface area contributed by atoms with Crippen LogP contribution < -0.4 is 0 Å². The van der Waals surface area contributed by atoms with E-state index in [1.807, 2.05) is 12.2 Å². The van der Waals surface area contributed by atoms with Gasteiger partial charge in [0.15, 0.2) is 0 Å². The first-order valence-electron chi connectivity index (χ1n) is 1.89. The largest absolute Gasteiger partial charge is 0.466 e. The molecule has 0 aliphatic heterocycles. The highest BCUT2D eigenvalue weighted by molar-refractivity contribution is 7.66. The molecule has 0 aromatic rings. The van der Waals surface area contributed by atoms with Crippen LogP contribution >= 0.6 is 0 Å². The monoisotopic (exact) mass is 101 g/mol. The van der Waals surface area contributed by atoms with Crippen molar-refractivity contribution in [1.29, 1.82) is 0 Å². The van der Waals surface area contributed by atoms with Gasteiger partial charge in [0.25, 0.3) is 5.25 Å². The third-order valence-corrected chi connectivity index (χ3v) is 1.44. The average molecular weight is 101 g/mol. The van der Waals surface area contributed by atoms with Crippen LogP contribution in [0.1, 0.15) is 6.42 Å². The van der Waals surface area contributed by atoms with Gasteiger partial charge in [-0.15, -0.1) is 0 Å². The maximum Gasteiger partial charge on any atom is 0.466 e. The second-order valence-corrected chi connectivity index (χ2v) is 2.10. The summed E-state index contributed by atoms with van der Waals surface area (Å²) in [5, 5.41) is 0.296. The quantitative estimate of drug-likeness (QED) is 0.352. The van der Waals surface area contributed by atoms with Crippen molar-refractivity contribution >= 4 is 11.7 Å². The van der Waals surface area contributed by atoms with Gasteiger partial charge in [-0.2, -0.15) is 0 Å². The molecule has 0 aromatic heterocycles. The van der Waals surface area contributed by atoms with Crippen LogP contribution in [0.2, 0.25) is 0 Å². The molecule has 0 aromatic carbocycles. The molecular weight excluding hydrogens is 96.1 g/mol. The van der Waals surface area contributed by atoms with E-state index in [2.05, 4.69) is 0 Å². The summed E-state index contributed by atoms with van der Waals surface area (Å²) in [6.45, 7) is 0. The van der Waals surface area contributed by atoms with Gasteiger partial charge in [-0.1, -0.05) is 6.08 Å². The van der Waals surface area contributed by atoms with Crippen LogP contribution in [0.5, 0.6) is 0 Å². The molecule has 0 heterocycles. The summed E-state index contributed by atoms with van der Waals surface area (Å²) < 4.78 is 9.78. The summed E-state index contributed by atoms with van der Waals surface area (Å²) in [6, 6.07) is 0. The lowest BCUT2D eigenvalue weighted by molar-refractivity contribution is 0.600. The fraction of sp³-hybridized carbons (Fsp3) is 0.500. The Balaban J connectivity index is 2.39. The molecule has 1 nitrogen and oxygen atoms in total. The van der Waals surface area contributed by atoms with Crippen LogP contribution in [0.25, 0.3) is 0 Å². The zero-order valence-corrected chi connectivity index (χ0v) is 4.07. The highest BCUT2D eigenvalue weighted by Gasteiger charge is 2.21. The Morgan fingerprint density at radius 1 is 1.83 bits per heavy atom. The molecule has 1 unspecified atom stereocenters. The minimum Gasteiger partial charge on any atom is -0.0767 e. The van der Waals surface area contributed by atoms with Gasteiger partial charge in [-0.3, -0.25) is 0 Å². The lowest BCUT2D eigenvalue weighted by Crippen LogP contribution is -2.06. The molecular formula is C4H5OS+. The topological polar surface area (TPSA) is 17.1 Å². The average Bonchev–Trinajstić information content (AvgIpc) is 1.31. The Morgan fingerprint density at radius 2 is 2.50 bits per heavy atom. The van der Waals surface area contributed by atoms with Crippen LogP contribution in [0.3, 0.4) is 0 Å². The predicted molar refractivity (Wildman–Crippen MR) is 25.6 cm³/mol. The van der Waals surface area contributed by atoms with Crippen LogP contribution in [0, 0.1) is 0 Å². The van der Waals surface area contributed by atoms with Crippen molar-refractivity contribution in [2.75, 3.05) is 0 Å². The first kappa shape index (κ1) is 3.93. The molecule has 0 radical (unpaired) electrons. The van der Waals surface area contributed by atoms with E-state index < -0.39 is 0 Å². The summed E-state index contributed by atoms with van der Waals surface area (Å²) in [7, 11) is 0. The minimum atomic E-state index is 0.296. The van der Waals surface area contributed by atoms with Crippen LogP contribution in [-0.2, 0) is 15.9 Å². The number of rotatable bonds is 1. The van der Waals surface area contributed by atoms with Crippen LogP contribution in [0.4, 0.5) is 0 Å². The summed E-state index contributed by atoms with van der Waals surface area (Å²) >= 11 is 0.675. The minimum absolute atomic E-state index is 0.296. The van der Waals surface area contributed by atoms with Crippen molar-refractivity contribution in [3.8, 4) is 0 Å². The Kier molecular flexibility index (Phi) is 0.965. The van der Waals surface area contributed by atoms with E-state index in [9.17, 15) is 4.21 Å². The molecule has 0 fully saturated rings. The highest BCUT2D eigenvalue weighted by Crippen LogP contribution is 2.07. The van der Waals surface area contributed by atoms with E-state index in [0.29, 0.717) is 16.9 Å². The molecule has 1 aliphatic carbocycles. The van der Waals surface area contributed by atoms with E-state index in [1.165, 1.54) is 0 Å². The first-order valence-corrected chi connectivity index (χ1v) is 2.69. The highest BCUT2D eigenvalue weighted by atomic mass is 32.1. The normalized spacial score (nSPS) is 29.0. The Morgan fingerprint density at radius 3 is 2.50 bits per heavy atom. The summed E-state index contributed by atoms with van der Waals surface area (Å²) in [6.07, 6.45) is 4.92. The molecule has 32 valence electrons. The fourth-order valence-electron chi connectivity index (χ4n) is 0.319. The third-order valence-electron chi connectivity index (χ3n) is 0.843. The van der Waals surface area contributed by atoms with Crippen molar-refractivity contribution in [1.82, 2.24) is 0 Å². The summed E-state index contributed by atoms with van der Waals surface area (Å²) in [5.74, 6) is 0. The molecule has 0 saturated carbocycles. The third kappa shape index (κ3) is 0.476. The van der Waals surface area contributed by atoms with Gasteiger partial charge >= 0.3 is 11.7 Å². The Bertz CT molecular complexity index is 87.5. The maximum absolute atomic E-state index is 9.78. The first-order chi connectivity index (χ1) is 2.93. The van der Waals surface area contributed by atoms with E-state index in [0.717, 1.165) is 6.42 Å². The number of hydrogen-bond acceptors (Lipinski definition) is 1. The number of allylic oxidation sites excluding steroid dienone is 1. The smallest absolute Gasteiger partial charge is 0.0767 e. The number of hydrogen-bond donors (Lipinski definition) is 0. The molecule has 1 rings (SSSR count). The second kappa shape index (κ2) is 1.47. The zero-order valence-electron chi connectivity index (χ0n) is 3.26. The van der Waals surface area contributed by atoms with E-state index >= 15 is 0 Å². The summed E-state index contributed by atoms with van der Waals surface area (Å²) in [5.41, 5.74) is 0. The van der Waals surface area contributed by atoms with E-state index in [1.54, 1.807) is 0 Å². The van der Waals surface area contributed by atoms with Gasteiger partial charge < -0.3 is 0 Å². The van der Waals surface area contributed by atoms with Crippen molar-refractivity contribution in [3.63, 3.8) is 0 Å². The Labute approximate surface area is 40.5 Å². The molecule has 6 heavy (non-hydrogen) atoms.